The topological polar surface area (TPSA) is 38.8 Å². The van der Waals surface area contributed by atoms with Crippen LogP contribution >= 0.6 is 0 Å². The van der Waals surface area contributed by atoms with Crippen molar-refractivity contribution in [1.82, 2.24) is 4.90 Å². The summed E-state index contributed by atoms with van der Waals surface area (Å²) >= 11 is 0. The highest BCUT2D eigenvalue weighted by Gasteiger charge is 2.59. The number of rotatable bonds is 8. The maximum atomic E-state index is 11.8. The summed E-state index contributed by atoms with van der Waals surface area (Å²) in [5, 5.41) is 0. The maximum absolute atomic E-state index is 11.8. The van der Waals surface area contributed by atoms with Gasteiger partial charge in [-0.15, -0.1) is 0 Å². The SMILES string of the molecule is CCOC(=O)C1C2CN(CCOc3ccc(Cc4ccccc4)cc3)CC21. The molecule has 4 nitrogen and oxygen atoms in total. The molecule has 1 heterocycles. The Labute approximate surface area is 161 Å². The molecule has 27 heavy (non-hydrogen) atoms. The monoisotopic (exact) mass is 365 g/mol. The summed E-state index contributed by atoms with van der Waals surface area (Å²) < 4.78 is 11.0. The lowest BCUT2D eigenvalue weighted by atomic mass is 10.1. The molecule has 142 valence electrons. The Morgan fingerprint density at radius 3 is 2.33 bits per heavy atom. The number of ether oxygens (including phenoxy) is 2. The second kappa shape index (κ2) is 8.13. The first-order chi connectivity index (χ1) is 13.2. The van der Waals surface area contributed by atoms with Gasteiger partial charge in [0.05, 0.1) is 12.5 Å². The Kier molecular flexibility index (Phi) is 5.44. The number of piperidine rings is 1. The van der Waals surface area contributed by atoms with Crippen LogP contribution < -0.4 is 4.74 Å². The second-order valence-corrected chi connectivity index (χ2v) is 7.52. The quantitative estimate of drug-likeness (QED) is 0.672. The van der Waals surface area contributed by atoms with Gasteiger partial charge in [-0.05, 0) is 48.4 Å². The molecule has 2 aromatic carbocycles. The summed E-state index contributed by atoms with van der Waals surface area (Å²) in [4.78, 5) is 14.2. The molecule has 4 rings (SSSR count). The van der Waals surface area contributed by atoms with E-state index >= 15 is 0 Å². The van der Waals surface area contributed by atoms with Crippen molar-refractivity contribution in [2.75, 3.05) is 32.8 Å². The molecule has 0 N–H and O–H groups in total. The molecule has 1 aliphatic heterocycles. The van der Waals surface area contributed by atoms with E-state index in [1.165, 1.54) is 11.1 Å². The van der Waals surface area contributed by atoms with Gasteiger partial charge in [-0.1, -0.05) is 42.5 Å². The fourth-order valence-corrected chi connectivity index (χ4v) is 4.21. The van der Waals surface area contributed by atoms with E-state index in [-0.39, 0.29) is 11.9 Å². The van der Waals surface area contributed by atoms with Crippen LogP contribution in [0.2, 0.25) is 0 Å². The zero-order valence-electron chi connectivity index (χ0n) is 15.8. The van der Waals surface area contributed by atoms with Crippen LogP contribution in [-0.4, -0.2) is 43.7 Å². The predicted octanol–water partition coefficient (Wildman–Crippen LogP) is 3.40. The van der Waals surface area contributed by atoms with Crippen LogP contribution in [0.4, 0.5) is 0 Å². The summed E-state index contributed by atoms with van der Waals surface area (Å²) in [6.07, 6.45) is 0.944. The maximum Gasteiger partial charge on any atom is 0.309 e. The van der Waals surface area contributed by atoms with Crippen molar-refractivity contribution in [2.45, 2.75) is 13.3 Å². The highest BCUT2D eigenvalue weighted by Crippen LogP contribution is 2.52. The van der Waals surface area contributed by atoms with E-state index in [9.17, 15) is 4.79 Å². The van der Waals surface area contributed by atoms with Crippen LogP contribution in [0.5, 0.6) is 5.75 Å². The van der Waals surface area contributed by atoms with Crippen molar-refractivity contribution in [3.63, 3.8) is 0 Å². The smallest absolute Gasteiger partial charge is 0.309 e. The molecule has 0 aromatic heterocycles. The fourth-order valence-electron chi connectivity index (χ4n) is 4.21. The number of hydrogen-bond donors (Lipinski definition) is 0. The first-order valence-electron chi connectivity index (χ1n) is 9.89. The molecule has 2 fully saturated rings. The van der Waals surface area contributed by atoms with Gasteiger partial charge in [-0.2, -0.15) is 0 Å². The van der Waals surface area contributed by atoms with Crippen LogP contribution in [0.15, 0.2) is 54.6 Å². The fraction of sp³-hybridized carbons (Fsp3) is 0.435. The van der Waals surface area contributed by atoms with Crippen LogP contribution in [-0.2, 0) is 16.0 Å². The van der Waals surface area contributed by atoms with Crippen molar-refractivity contribution in [3.05, 3.63) is 65.7 Å². The summed E-state index contributed by atoms with van der Waals surface area (Å²) in [5.74, 6) is 2.07. The van der Waals surface area contributed by atoms with E-state index in [0.29, 0.717) is 25.0 Å². The highest BCUT2D eigenvalue weighted by molar-refractivity contribution is 5.77. The van der Waals surface area contributed by atoms with Crippen LogP contribution in [0.1, 0.15) is 18.1 Å². The summed E-state index contributed by atoms with van der Waals surface area (Å²) in [5.41, 5.74) is 2.61. The summed E-state index contributed by atoms with van der Waals surface area (Å²) in [7, 11) is 0. The van der Waals surface area contributed by atoms with E-state index in [1.807, 2.05) is 13.0 Å². The Morgan fingerprint density at radius 1 is 1.00 bits per heavy atom. The van der Waals surface area contributed by atoms with Gasteiger partial charge in [-0.25, -0.2) is 0 Å². The number of carbonyl (C=O) groups is 1. The Balaban J connectivity index is 1.17. The number of carbonyl (C=O) groups excluding carboxylic acids is 1. The number of hydrogen-bond acceptors (Lipinski definition) is 4. The van der Waals surface area contributed by atoms with Gasteiger partial charge >= 0.3 is 5.97 Å². The molecule has 0 radical (unpaired) electrons. The lowest BCUT2D eigenvalue weighted by Gasteiger charge is -2.19. The molecule has 0 amide bonds. The number of benzene rings is 2. The van der Waals surface area contributed by atoms with Gasteiger partial charge in [0, 0.05) is 19.6 Å². The zero-order valence-corrected chi connectivity index (χ0v) is 15.8. The van der Waals surface area contributed by atoms with E-state index in [1.54, 1.807) is 0 Å². The van der Waals surface area contributed by atoms with Gasteiger partial charge < -0.3 is 9.47 Å². The molecular formula is C23H27NO3. The lowest BCUT2D eigenvalue weighted by Crippen LogP contribution is -2.30. The number of nitrogens with zero attached hydrogens (tertiary/aromatic N) is 1. The normalized spacial score (nSPS) is 23.7. The van der Waals surface area contributed by atoms with E-state index in [0.717, 1.165) is 31.8 Å². The van der Waals surface area contributed by atoms with Gasteiger partial charge in [0.25, 0.3) is 0 Å². The largest absolute Gasteiger partial charge is 0.492 e. The highest BCUT2D eigenvalue weighted by atomic mass is 16.5. The molecule has 0 bridgehead atoms. The first kappa shape index (κ1) is 18.1. The minimum Gasteiger partial charge on any atom is -0.492 e. The molecule has 1 saturated heterocycles. The van der Waals surface area contributed by atoms with Crippen LogP contribution in [0.25, 0.3) is 0 Å². The van der Waals surface area contributed by atoms with Gasteiger partial charge in [0.1, 0.15) is 12.4 Å². The molecule has 2 unspecified atom stereocenters. The Bertz CT molecular complexity index is 747. The Morgan fingerprint density at radius 2 is 1.67 bits per heavy atom. The molecule has 2 aromatic rings. The minimum absolute atomic E-state index is 0.000933. The molecule has 2 aliphatic rings. The summed E-state index contributed by atoms with van der Waals surface area (Å²) in [6.45, 7) is 5.93. The zero-order chi connectivity index (χ0) is 18.6. The average molecular weight is 365 g/mol. The molecule has 4 heteroatoms. The number of likely N-dealkylation sites (tertiary alicyclic amines) is 1. The van der Waals surface area contributed by atoms with Crippen LogP contribution in [0.3, 0.4) is 0 Å². The Hall–Kier alpha value is -2.33. The van der Waals surface area contributed by atoms with E-state index in [4.69, 9.17) is 9.47 Å². The molecule has 1 saturated carbocycles. The molecular weight excluding hydrogens is 338 g/mol. The minimum atomic E-state index is -0.000933. The average Bonchev–Trinajstić information content (AvgIpc) is 3.20. The third-order valence-electron chi connectivity index (χ3n) is 5.68. The molecule has 1 aliphatic carbocycles. The van der Waals surface area contributed by atoms with Gasteiger partial charge in [-0.3, -0.25) is 9.69 Å². The predicted molar refractivity (Wildman–Crippen MR) is 105 cm³/mol. The van der Waals surface area contributed by atoms with Crippen molar-refractivity contribution in [3.8, 4) is 5.75 Å². The van der Waals surface area contributed by atoms with Crippen molar-refractivity contribution < 1.29 is 14.3 Å². The van der Waals surface area contributed by atoms with E-state index in [2.05, 4.69) is 53.4 Å². The molecule has 2 atom stereocenters. The number of esters is 1. The second-order valence-electron chi connectivity index (χ2n) is 7.52. The van der Waals surface area contributed by atoms with Gasteiger partial charge in [0.15, 0.2) is 0 Å². The van der Waals surface area contributed by atoms with Crippen molar-refractivity contribution >= 4 is 5.97 Å². The molecule has 0 spiro atoms. The van der Waals surface area contributed by atoms with E-state index < -0.39 is 0 Å². The van der Waals surface area contributed by atoms with Crippen molar-refractivity contribution in [1.29, 1.82) is 0 Å². The third-order valence-corrected chi connectivity index (χ3v) is 5.68. The van der Waals surface area contributed by atoms with Crippen molar-refractivity contribution in [2.24, 2.45) is 17.8 Å². The summed E-state index contributed by atoms with van der Waals surface area (Å²) in [6, 6.07) is 18.9. The standard InChI is InChI=1S/C23H27NO3/c1-2-26-23(25)22-20-15-24(16-21(20)22)12-13-27-19-10-8-18(9-11-19)14-17-6-4-3-5-7-17/h3-11,20-22H,2,12-16H2,1H3. The first-order valence-corrected chi connectivity index (χ1v) is 9.89. The lowest BCUT2D eigenvalue weighted by molar-refractivity contribution is -0.145. The van der Waals surface area contributed by atoms with Gasteiger partial charge in [0.2, 0.25) is 0 Å². The number of fused-ring (bicyclic) bond motifs is 1. The van der Waals surface area contributed by atoms with Crippen LogP contribution in [0, 0.1) is 17.8 Å². The third kappa shape index (κ3) is 4.33.